The number of carbonyl (C=O) groups excluding carboxylic acids is 2. The van der Waals surface area contributed by atoms with Gasteiger partial charge in [0.15, 0.2) is 5.69 Å². The second-order valence-electron chi connectivity index (χ2n) is 5.63. The zero-order valence-corrected chi connectivity index (χ0v) is 15.2. The van der Waals surface area contributed by atoms with Gasteiger partial charge in [0.1, 0.15) is 11.3 Å². The molecule has 3 rings (SSSR count). The molecule has 1 heterocycles. The molecule has 0 aliphatic rings. The summed E-state index contributed by atoms with van der Waals surface area (Å²) in [5, 5.41) is 4.57. The van der Waals surface area contributed by atoms with Crippen molar-refractivity contribution >= 4 is 11.9 Å². The lowest BCUT2D eigenvalue weighted by Gasteiger charge is -2.08. The summed E-state index contributed by atoms with van der Waals surface area (Å²) in [4.78, 5) is 25.5. The molecule has 6 nitrogen and oxygen atoms in total. The van der Waals surface area contributed by atoms with Gasteiger partial charge >= 0.3 is 11.9 Å². The Kier molecular flexibility index (Phi) is 5.66. The van der Waals surface area contributed by atoms with Gasteiger partial charge < -0.3 is 9.47 Å². The molecule has 6 heteroatoms. The molecule has 0 spiro atoms. The maximum Gasteiger partial charge on any atom is 0.357 e. The van der Waals surface area contributed by atoms with Crippen LogP contribution < -0.4 is 0 Å². The highest BCUT2D eigenvalue weighted by Crippen LogP contribution is 2.29. The van der Waals surface area contributed by atoms with Crippen LogP contribution in [0.25, 0.3) is 16.9 Å². The van der Waals surface area contributed by atoms with Gasteiger partial charge in [0.25, 0.3) is 0 Å². The highest BCUT2D eigenvalue weighted by molar-refractivity contribution is 6.06. The first-order valence-electron chi connectivity index (χ1n) is 8.75. The summed E-state index contributed by atoms with van der Waals surface area (Å²) >= 11 is 0. The molecule has 1 aromatic heterocycles. The van der Waals surface area contributed by atoms with E-state index in [1.54, 1.807) is 26.0 Å². The molecule has 0 unspecified atom stereocenters. The molecule has 0 N–H and O–H groups in total. The van der Waals surface area contributed by atoms with Crippen LogP contribution in [0.3, 0.4) is 0 Å². The number of carbonyl (C=O) groups is 2. The Hall–Kier alpha value is -3.41. The highest BCUT2D eigenvalue weighted by Gasteiger charge is 2.31. The quantitative estimate of drug-likeness (QED) is 0.621. The van der Waals surface area contributed by atoms with Crippen LogP contribution in [-0.2, 0) is 9.47 Å². The number of hydrogen-bond donors (Lipinski definition) is 0. The molecule has 0 saturated heterocycles. The molecule has 0 bridgehead atoms. The third-order valence-electron chi connectivity index (χ3n) is 3.88. The van der Waals surface area contributed by atoms with Crippen molar-refractivity contribution < 1.29 is 19.1 Å². The fourth-order valence-electron chi connectivity index (χ4n) is 2.76. The maximum absolute atomic E-state index is 12.7. The van der Waals surface area contributed by atoms with E-state index >= 15 is 0 Å². The van der Waals surface area contributed by atoms with Crippen molar-refractivity contribution in [3.8, 4) is 16.9 Å². The second kappa shape index (κ2) is 8.31. The molecule has 2 aromatic carbocycles. The summed E-state index contributed by atoms with van der Waals surface area (Å²) in [7, 11) is 0. The Labute approximate surface area is 157 Å². The van der Waals surface area contributed by atoms with Crippen molar-refractivity contribution in [2.24, 2.45) is 0 Å². The first kappa shape index (κ1) is 18.4. The minimum Gasteiger partial charge on any atom is -0.462 e. The van der Waals surface area contributed by atoms with Gasteiger partial charge in [0.2, 0.25) is 0 Å². The fourth-order valence-corrected chi connectivity index (χ4v) is 2.76. The number of esters is 2. The number of benzene rings is 2. The number of aromatic nitrogens is 2. The first-order chi connectivity index (χ1) is 13.2. The van der Waals surface area contributed by atoms with E-state index in [1.165, 1.54) is 4.68 Å². The standard InChI is InChI=1S/C21H20N2O4/c1-3-26-20(24)17-18(15-11-7-5-8-12-15)22-23(16-13-9-6-10-14-16)19(17)21(25)27-4-2/h5-14H,3-4H2,1-2H3. The van der Waals surface area contributed by atoms with Crippen LogP contribution in [0.2, 0.25) is 0 Å². The van der Waals surface area contributed by atoms with E-state index in [4.69, 9.17) is 9.47 Å². The van der Waals surface area contributed by atoms with Gasteiger partial charge in [-0.05, 0) is 26.0 Å². The van der Waals surface area contributed by atoms with Crippen LogP contribution >= 0.6 is 0 Å². The topological polar surface area (TPSA) is 70.4 Å². The molecule has 3 aromatic rings. The fraction of sp³-hybridized carbons (Fsp3) is 0.190. The molecule has 0 saturated carbocycles. The van der Waals surface area contributed by atoms with Gasteiger partial charge in [-0.15, -0.1) is 0 Å². The molecule has 0 amide bonds. The normalized spacial score (nSPS) is 10.4. The summed E-state index contributed by atoms with van der Waals surface area (Å²) < 4.78 is 11.8. The molecule has 0 atom stereocenters. The van der Waals surface area contributed by atoms with Gasteiger partial charge in [0.05, 0.1) is 18.9 Å². The molecular weight excluding hydrogens is 344 g/mol. The zero-order valence-electron chi connectivity index (χ0n) is 15.2. The van der Waals surface area contributed by atoms with Crippen molar-refractivity contribution in [1.82, 2.24) is 9.78 Å². The number of hydrogen-bond acceptors (Lipinski definition) is 5. The number of nitrogens with zero attached hydrogens (tertiary/aromatic N) is 2. The maximum atomic E-state index is 12.7. The van der Waals surface area contributed by atoms with Crippen LogP contribution in [-0.4, -0.2) is 34.9 Å². The van der Waals surface area contributed by atoms with Crippen LogP contribution in [0.4, 0.5) is 0 Å². The van der Waals surface area contributed by atoms with Crippen LogP contribution in [0.15, 0.2) is 60.7 Å². The van der Waals surface area contributed by atoms with Crippen molar-refractivity contribution in [1.29, 1.82) is 0 Å². The van der Waals surface area contributed by atoms with Gasteiger partial charge in [-0.1, -0.05) is 48.5 Å². The van der Waals surface area contributed by atoms with E-state index in [9.17, 15) is 9.59 Å². The van der Waals surface area contributed by atoms with E-state index in [0.717, 1.165) is 0 Å². The smallest absolute Gasteiger partial charge is 0.357 e. The Bertz CT molecular complexity index is 858. The summed E-state index contributed by atoms with van der Waals surface area (Å²) in [6, 6.07) is 18.3. The summed E-state index contributed by atoms with van der Waals surface area (Å²) in [5.74, 6) is -1.24. The lowest BCUT2D eigenvalue weighted by Crippen LogP contribution is -2.17. The first-order valence-corrected chi connectivity index (χ1v) is 8.75. The van der Waals surface area contributed by atoms with Gasteiger partial charge in [0, 0.05) is 5.56 Å². The lowest BCUT2D eigenvalue weighted by atomic mass is 10.1. The Morgan fingerprint density at radius 2 is 1.41 bits per heavy atom. The van der Waals surface area contributed by atoms with Gasteiger partial charge in [-0.2, -0.15) is 5.10 Å². The van der Waals surface area contributed by atoms with Crippen molar-refractivity contribution in [2.75, 3.05) is 13.2 Å². The number of para-hydroxylation sites is 1. The molecular formula is C21H20N2O4. The van der Waals surface area contributed by atoms with E-state index in [0.29, 0.717) is 16.9 Å². The summed E-state index contributed by atoms with van der Waals surface area (Å²) in [5.41, 5.74) is 1.89. The van der Waals surface area contributed by atoms with E-state index in [-0.39, 0.29) is 24.5 Å². The minimum atomic E-state index is -0.626. The predicted octanol–water partition coefficient (Wildman–Crippen LogP) is 3.89. The largest absolute Gasteiger partial charge is 0.462 e. The minimum absolute atomic E-state index is 0.0559. The zero-order chi connectivity index (χ0) is 19.2. The molecule has 0 radical (unpaired) electrons. The number of ether oxygens (including phenoxy) is 2. The highest BCUT2D eigenvalue weighted by atomic mass is 16.5. The van der Waals surface area contributed by atoms with Crippen LogP contribution in [0, 0.1) is 0 Å². The van der Waals surface area contributed by atoms with E-state index in [1.807, 2.05) is 48.5 Å². The average Bonchev–Trinajstić information content (AvgIpc) is 3.10. The Morgan fingerprint density at radius 1 is 0.852 bits per heavy atom. The molecule has 0 aliphatic heterocycles. The Balaban J connectivity index is 2.30. The number of rotatable bonds is 6. The van der Waals surface area contributed by atoms with Crippen LogP contribution in [0.1, 0.15) is 34.7 Å². The van der Waals surface area contributed by atoms with E-state index in [2.05, 4.69) is 5.10 Å². The van der Waals surface area contributed by atoms with Crippen molar-refractivity contribution in [2.45, 2.75) is 13.8 Å². The predicted molar refractivity (Wildman–Crippen MR) is 101 cm³/mol. The second-order valence-corrected chi connectivity index (χ2v) is 5.63. The molecule has 0 aliphatic carbocycles. The molecule has 0 fully saturated rings. The average molecular weight is 364 g/mol. The van der Waals surface area contributed by atoms with Crippen LogP contribution in [0.5, 0.6) is 0 Å². The molecule has 27 heavy (non-hydrogen) atoms. The van der Waals surface area contributed by atoms with Gasteiger partial charge in [-0.3, -0.25) is 0 Å². The SMILES string of the molecule is CCOC(=O)c1c(-c2ccccc2)nn(-c2ccccc2)c1C(=O)OCC. The van der Waals surface area contributed by atoms with Gasteiger partial charge in [-0.25, -0.2) is 14.3 Å². The molecule has 138 valence electrons. The Morgan fingerprint density at radius 3 is 2.00 bits per heavy atom. The van der Waals surface area contributed by atoms with Crippen molar-refractivity contribution in [3.05, 3.63) is 71.9 Å². The monoisotopic (exact) mass is 364 g/mol. The van der Waals surface area contributed by atoms with E-state index < -0.39 is 11.9 Å². The lowest BCUT2D eigenvalue weighted by molar-refractivity contribution is 0.0473. The third kappa shape index (κ3) is 3.74. The summed E-state index contributed by atoms with van der Waals surface area (Å²) in [6.07, 6.45) is 0. The third-order valence-corrected chi connectivity index (χ3v) is 3.88. The summed E-state index contributed by atoms with van der Waals surface area (Å²) in [6.45, 7) is 3.79. The van der Waals surface area contributed by atoms with Crippen molar-refractivity contribution in [3.63, 3.8) is 0 Å².